The Morgan fingerprint density at radius 2 is 2.27 bits per heavy atom. The van der Waals surface area contributed by atoms with Gasteiger partial charge in [-0.3, -0.25) is 9.36 Å². The number of anilines is 1. The zero-order valence-corrected chi connectivity index (χ0v) is 16.5. The van der Waals surface area contributed by atoms with E-state index < -0.39 is 0 Å². The lowest BCUT2D eigenvalue weighted by Gasteiger charge is -2.08. The highest BCUT2D eigenvalue weighted by molar-refractivity contribution is 9.10. The summed E-state index contributed by atoms with van der Waals surface area (Å²) < 4.78 is 8.18. The Labute approximate surface area is 163 Å². The fourth-order valence-corrected chi connectivity index (χ4v) is 3.55. The molecule has 0 bridgehead atoms. The van der Waals surface area contributed by atoms with Crippen molar-refractivity contribution in [3.63, 3.8) is 0 Å². The lowest BCUT2D eigenvalue weighted by Crippen LogP contribution is -2.14. The highest BCUT2D eigenvalue weighted by Crippen LogP contribution is 2.27. The zero-order valence-electron chi connectivity index (χ0n) is 14.1. The molecule has 0 atom stereocenters. The van der Waals surface area contributed by atoms with E-state index in [0.29, 0.717) is 17.5 Å². The summed E-state index contributed by atoms with van der Waals surface area (Å²) in [5.41, 5.74) is 1.62. The molecular formula is C18H17BrN4O2S. The molecule has 2 aromatic heterocycles. The summed E-state index contributed by atoms with van der Waals surface area (Å²) >= 11 is 4.72. The first-order valence-corrected chi connectivity index (χ1v) is 9.63. The van der Waals surface area contributed by atoms with Crippen molar-refractivity contribution in [1.29, 1.82) is 0 Å². The van der Waals surface area contributed by atoms with Crippen LogP contribution in [-0.4, -0.2) is 26.4 Å². The molecule has 26 heavy (non-hydrogen) atoms. The number of aromatic nitrogens is 3. The van der Waals surface area contributed by atoms with Crippen LogP contribution in [0, 0.1) is 6.92 Å². The number of benzene rings is 1. The van der Waals surface area contributed by atoms with Crippen molar-refractivity contribution in [2.75, 3.05) is 11.1 Å². The summed E-state index contributed by atoms with van der Waals surface area (Å²) in [7, 11) is 0. The standard InChI is InChI=1S/C18H17BrN4O2S/c1-3-8-23-17(15-7-9-25-12(15)2)21-22-18(23)26-11-16(24)20-14-6-4-5-13(19)10-14/h3-7,9-10H,1,8,11H2,2H3,(H,20,24). The third-order valence-corrected chi connectivity index (χ3v) is 5.03. The second-order valence-corrected chi connectivity index (χ2v) is 7.30. The van der Waals surface area contributed by atoms with E-state index >= 15 is 0 Å². The van der Waals surface area contributed by atoms with Crippen molar-refractivity contribution in [3.05, 3.63) is 59.5 Å². The van der Waals surface area contributed by atoms with Crippen LogP contribution >= 0.6 is 27.7 Å². The predicted molar refractivity (Wildman–Crippen MR) is 106 cm³/mol. The number of amides is 1. The van der Waals surface area contributed by atoms with Crippen molar-refractivity contribution in [3.8, 4) is 11.4 Å². The molecule has 1 N–H and O–H groups in total. The van der Waals surface area contributed by atoms with Crippen LogP contribution in [0.25, 0.3) is 11.4 Å². The van der Waals surface area contributed by atoms with Crippen LogP contribution in [0.3, 0.4) is 0 Å². The Bertz CT molecular complexity index is 935. The molecule has 0 aliphatic rings. The van der Waals surface area contributed by atoms with Crippen LogP contribution in [0.15, 0.2) is 63.3 Å². The van der Waals surface area contributed by atoms with Crippen LogP contribution < -0.4 is 5.32 Å². The quantitative estimate of drug-likeness (QED) is 0.438. The second-order valence-electron chi connectivity index (χ2n) is 5.44. The minimum atomic E-state index is -0.109. The second kappa shape index (κ2) is 8.37. The molecule has 0 aliphatic heterocycles. The molecular weight excluding hydrogens is 416 g/mol. The van der Waals surface area contributed by atoms with E-state index in [2.05, 4.69) is 38.0 Å². The highest BCUT2D eigenvalue weighted by Gasteiger charge is 2.17. The molecule has 3 rings (SSSR count). The lowest BCUT2D eigenvalue weighted by atomic mass is 10.2. The normalized spacial score (nSPS) is 10.7. The van der Waals surface area contributed by atoms with E-state index in [1.807, 2.05) is 41.8 Å². The summed E-state index contributed by atoms with van der Waals surface area (Å²) in [4.78, 5) is 12.2. The van der Waals surface area contributed by atoms with Gasteiger partial charge < -0.3 is 9.73 Å². The van der Waals surface area contributed by atoms with E-state index in [0.717, 1.165) is 21.5 Å². The number of nitrogens with zero attached hydrogens (tertiary/aromatic N) is 3. The molecule has 1 aromatic carbocycles. The van der Waals surface area contributed by atoms with Gasteiger partial charge in [0.1, 0.15) is 5.76 Å². The number of halogens is 1. The van der Waals surface area contributed by atoms with Crippen molar-refractivity contribution in [2.24, 2.45) is 0 Å². The summed E-state index contributed by atoms with van der Waals surface area (Å²) in [5, 5.41) is 12.0. The minimum absolute atomic E-state index is 0.109. The van der Waals surface area contributed by atoms with E-state index in [4.69, 9.17) is 4.42 Å². The number of carbonyl (C=O) groups is 1. The Kier molecular flexibility index (Phi) is 5.95. The highest BCUT2D eigenvalue weighted by atomic mass is 79.9. The summed E-state index contributed by atoms with van der Waals surface area (Å²) in [6, 6.07) is 9.32. The summed E-state index contributed by atoms with van der Waals surface area (Å²) in [5.74, 6) is 1.59. The van der Waals surface area contributed by atoms with Gasteiger partial charge in [0.05, 0.1) is 17.6 Å². The number of allylic oxidation sites excluding steroid dienone is 1. The van der Waals surface area contributed by atoms with Gasteiger partial charge in [-0.2, -0.15) is 0 Å². The molecule has 0 unspecified atom stereocenters. The van der Waals surface area contributed by atoms with Gasteiger partial charge in [-0.25, -0.2) is 0 Å². The molecule has 0 aliphatic carbocycles. The van der Waals surface area contributed by atoms with Crippen molar-refractivity contribution in [1.82, 2.24) is 14.8 Å². The number of furan rings is 1. The van der Waals surface area contributed by atoms with E-state index in [9.17, 15) is 4.79 Å². The van der Waals surface area contributed by atoms with E-state index in [1.54, 1.807) is 12.3 Å². The lowest BCUT2D eigenvalue weighted by molar-refractivity contribution is -0.113. The van der Waals surface area contributed by atoms with Crippen molar-refractivity contribution in [2.45, 2.75) is 18.6 Å². The Hall–Kier alpha value is -2.32. The predicted octanol–water partition coefficient (Wildman–Crippen LogP) is 4.53. The Morgan fingerprint density at radius 1 is 1.42 bits per heavy atom. The summed E-state index contributed by atoms with van der Waals surface area (Å²) in [6.07, 6.45) is 3.39. The molecule has 1 amide bonds. The number of carbonyl (C=O) groups excluding carboxylic acids is 1. The van der Waals surface area contributed by atoms with Gasteiger partial charge in [0.2, 0.25) is 5.91 Å². The third-order valence-electron chi connectivity index (χ3n) is 3.57. The van der Waals surface area contributed by atoms with Gasteiger partial charge in [-0.1, -0.05) is 39.8 Å². The smallest absolute Gasteiger partial charge is 0.234 e. The average Bonchev–Trinajstić information content (AvgIpc) is 3.19. The van der Waals surface area contributed by atoms with Crippen LogP contribution in [0.2, 0.25) is 0 Å². The van der Waals surface area contributed by atoms with Crippen LogP contribution in [0.4, 0.5) is 5.69 Å². The maximum atomic E-state index is 12.2. The van der Waals surface area contributed by atoms with Gasteiger partial charge >= 0.3 is 0 Å². The van der Waals surface area contributed by atoms with Crippen LogP contribution in [-0.2, 0) is 11.3 Å². The zero-order chi connectivity index (χ0) is 18.5. The average molecular weight is 433 g/mol. The third kappa shape index (κ3) is 4.25. The number of hydrogen-bond donors (Lipinski definition) is 1. The van der Waals surface area contributed by atoms with Crippen molar-refractivity contribution >= 4 is 39.3 Å². The Balaban J connectivity index is 1.71. The molecule has 0 fully saturated rings. The monoisotopic (exact) mass is 432 g/mol. The molecule has 0 saturated heterocycles. The van der Waals surface area contributed by atoms with Crippen LogP contribution in [0.5, 0.6) is 0 Å². The number of aryl methyl sites for hydroxylation is 1. The number of nitrogens with one attached hydrogen (secondary N) is 1. The minimum Gasteiger partial charge on any atom is -0.469 e. The molecule has 0 spiro atoms. The molecule has 8 heteroatoms. The van der Waals surface area contributed by atoms with Gasteiger partial charge in [0.25, 0.3) is 0 Å². The maximum Gasteiger partial charge on any atom is 0.234 e. The molecule has 6 nitrogen and oxygen atoms in total. The summed E-state index contributed by atoms with van der Waals surface area (Å²) in [6.45, 7) is 6.21. The molecule has 0 radical (unpaired) electrons. The van der Waals surface area contributed by atoms with Gasteiger partial charge in [0.15, 0.2) is 11.0 Å². The van der Waals surface area contributed by atoms with Gasteiger partial charge in [0, 0.05) is 16.7 Å². The van der Waals surface area contributed by atoms with Crippen molar-refractivity contribution < 1.29 is 9.21 Å². The van der Waals surface area contributed by atoms with E-state index in [1.165, 1.54) is 11.8 Å². The topological polar surface area (TPSA) is 73.0 Å². The van der Waals surface area contributed by atoms with Gasteiger partial charge in [-0.05, 0) is 31.2 Å². The molecule has 134 valence electrons. The number of rotatable bonds is 7. The first-order valence-electron chi connectivity index (χ1n) is 7.85. The van der Waals surface area contributed by atoms with Gasteiger partial charge in [-0.15, -0.1) is 16.8 Å². The molecule has 0 saturated carbocycles. The Morgan fingerprint density at radius 3 is 2.96 bits per heavy atom. The number of thioether (sulfide) groups is 1. The first-order chi connectivity index (χ1) is 12.6. The molecule has 2 heterocycles. The maximum absolute atomic E-state index is 12.2. The first kappa shape index (κ1) is 18.5. The fraction of sp³-hybridized carbons (Fsp3) is 0.167. The largest absolute Gasteiger partial charge is 0.469 e. The SMILES string of the molecule is C=CCn1c(SCC(=O)Nc2cccc(Br)c2)nnc1-c1ccoc1C. The molecule has 3 aromatic rings. The number of hydrogen-bond acceptors (Lipinski definition) is 5. The van der Waals surface area contributed by atoms with E-state index in [-0.39, 0.29) is 11.7 Å². The fourth-order valence-electron chi connectivity index (χ4n) is 2.40. The van der Waals surface area contributed by atoms with Crippen LogP contribution in [0.1, 0.15) is 5.76 Å².